The monoisotopic (exact) mass is 423 g/mol. The lowest BCUT2D eigenvalue weighted by atomic mass is 10.0. The number of halogens is 6. The maximum atomic E-state index is 12.9. The van der Waals surface area contributed by atoms with Gasteiger partial charge in [0, 0.05) is 17.7 Å². The Morgan fingerprint density at radius 3 is 1.60 bits per heavy atom. The molecule has 0 unspecified atom stereocenters. The molecule has 2 aromatic carbocycles. The van der Waals surface area contributed by atoms with Crippen LogP contribution < -0.4 is 5.32 Å². The van der Waals surface area contributed by atoms with Gasteiger partial charge >= 0.3 is 12.4 Å². The summed E-state index contributed by atoms with van der Waals surface area (Å²) in [4.78, 5) is 9.14. The number of alkyl halides is 6. The molecule has 0 saturated heterocycles. The van der Waals surface area contributed by atoms with Crippen molar-refractivity contribution in [2.24, 2.45) is 0 Å². The molecule has 30 heavy (non-hydrogen) atoms. The highest BCUT2D eigenvalue weighted by Crippen LogP contribution is 2.36. The number of nitrogens with one attached hydrogen (secondary N) is 1. The minimum atomic E-state index is -4.47. The van der Waals surface area contributed by atoms with Crippen molar-refractivity contribution in [1.29, 1.82) is 0 Å². The van der Waals surface area contributed by atoms with Crippen LogP contribution in [0.15, 0.2) is 48.5 Å². The van der Waals surface area contributed by atoms with Crippen LogP contribution in [0.3, 0.4) is 0 Å². The van der Waals surface area contributed by atoms with E-state index in [-0.39, 0.29) is 0 Å². The summed E-state index contributed by atoms with van der Waals surface area (Å²) in [6, 6.07) is 8.95. The molecule has 3 aromatic rings. The molecule has 0 spiro atoms. The van der Waals surface area contributed by atoms with Crippen molar-refractivity contribution in [2.45, 2.75) is 25.2 Å². The number of rotatable bonds is 2. The molecule has 0 bridgehead atoms. The molecule has 0 aliphatic carbocycles. The zero-order valence-corrected chi connectivity index (χ0v) is 15.4. The average Bonchev–Trinajstić information content (AvgIpc) is 2.72. The standard InChI is InChI=1S/C21H15F6N3/c22-20(23,24)14-7-3-12(4-8-14)17-18(30-19-16(29-17)2-1-11-28-19)13-5-9-15(10-6-13)21(25,26)27/h3-10H,1-2,11H2,(H,28,30). The fraction of sp³-hybridized carbons (Fsp3) is 0.238. The van der Waals surface area contributed by atoms with Gasteiger partial charge in [0.15, 0.2) is 0 Å². The van der Waals surface area contributed by atoms with E-state index in [1.54, 1.807) is 0 Å². The number of fused-ring (bicyclic) bond motifs is 1. The van der Waals surface area contributed by atoms with E-state index < -0.39 is 23.5 Å². The van der Waals surface area contributed by atoms with Gasteiger partial charge in [-0.2, -0.15) is 26.3 Å². The number of nitrogens with zero attached hydrogens (tertiary/aromatic N) is 2. The van der Waals surface area contributed by atoms with Crippen molar-refractivity contribution in [3.05, 3.63) is 65.4 Å². The quantitative estimate of drug-likeness (QED) is 0.499. The van der Waals surface area contributed by atoms with Gasteiger partial charge in [0.1, 0.15) is 5.82 Å². The van der Waals surface area contributed by atoms with Gasteiger partial charge in [-0.3, -0.25) is 0 Å². The zero-order chi connectivity index (χ0) is 21.5. The number of benzene rings is 2. The molecule has 9 heteroatoms. The number of hydrogen-bond donors (Lipinski definition) is 1. The minimum absolute atomic E-state index is 0.302. The predicted molar refractivity (Wildman–Crippen MR) is 99.7 cm³/mol. The van der Waals surface area contributed by atoms with Gasteiger partial charge in [-0.1, -0.05) is 24.3 Å². The SMILES string of the molecule is FC(F)(F)c1ccc(-c2nc3c(nc2-c2ccc(C(F)(F)F)cc2)NCCC3)cc1. The van der Waals surface area contributed by atoms with E-state index in [0.717, 1.165) is 30.7 Å². The lowest BCUT2D eigenvalue weighted by molar-refractivity contribution is -0.138. The molecule has 0 amide bonds. The molecule has 0 fully saturated rings. The van der Waals surface area contributed by atoms with E-state index in [4.69, 9.17) is 0 Å². The number of hydrogen-bond acceptors (Lipinski definition) is 3. The van der Waals surface area contributed by atoms with Gasteiger partial charge in [-0.05, 0) is 37.1 Å². The minimum Gasteiger partial charge on any atom is -0.369 e. The van der Waals surface area contributed by atoms with Gasteiger partial charge < -0.3 is 5.32 Å². The highest BCUT2D eigenvalue weighted by molar-refractivity contribution is 5.79. The molecule has 3 nitrogen and oxygen atoms in total. The summed E-state index contributed by atoms with van der Waals surface area (Å²) < 4.78 is 77.4. The van der Waals surface area contributed by atoms with Crippen LogP contribution in [0.25, 0.3) is 22.5 Å². The Morgan fingerprint density at radius 2 is 1.13 bits per heavy atom. The van der Waals surface area contributed by atoms with E-state index in [2.05, 4.69) is 15.3 Å². The number of anilines is 1. The van der Waals surface area contributed by atoms with Crippen molar-refractivity contribution < 1.29 is 26.3 Å². The molecule has 0 atom stereocenters. The molecule has 4 rings (SSSR count). The number of aromatic nitrogens is 2. The molecule has 1 aliphatic heterocycles. The van der Waals surface area contributed by atoms with Crippen LogP contribution in [0.5, 0.6) is 0 Å². The first-order valence-electron chi connectivity index (χ1n) is 9.13. The Bertz CT molecular complexity index is 968. The van der Waals surface area contributed by atoms with Crippen LogP contribution in [0.1, 0.15) is 23.2 Å². The van der Waals surface area contributed by atoms with Gasteiger partial charge in [0.05, 0.1) is 28.2 Å². The molecule has 1 aliphatic rings. The lowest BCUT2D eigenvalue weighted by Gasteiger charge is -2.20. The Hall–Kier alpha value is -3.10. The van der Waals surface area contributed by atoms with E-state index in [9.17, 15) is 26.3 Å². The second-order valence-corrected chi connectivity index (χ2v) is 6.90. The highest BCUT2D eigenvalue weighted by Gasteiger charge is 2.31. The van der Waals surface area contributed by atoms with Crippen molar-refractivity contribution in [3.63, 3.8) is 0 Å². The lowest BCUT2D eigenvalue weighted by Crippen LogP contribution is -2.16. The third-order valence-electron chi connectivity index (χ3n) is 4.82. The third kappa shape index (κ3) is 3.96. The van der Waals surface area contributed by atoms with Crippen LogP contribution >= 0.6 is 0 Å². The van der Waals surface area contributed by atoms with Crippen molar-refractivity contribution in [2.75, 3.05) is 11.9 Å². The Morgan fingerprint density at radius 1 is 0.667 bits per heavy atom. The smallest absolute Gasteiger partial charge is 0.369 e. The summed E-state index contributed by atoms with van der Waals surface area (Å²) >= 11 is 0. The molecular formula is C21H15F6N3. The summed E-state index contributed by atoms with van der Waals surface area (Å²) in [5.74, 6) is 0.534. The highest BCUT2D eigenvalue weighted by atomic mass is 19.4. The summed E-state index contributed by atoms with van der Waals surface area (Å²) in [5.41, 5.74) is 0.495. The van der Waals surface area contributed by atoms with Gasteiger partial charge in [0.25, 0.3) is 0 Å². The molecule has 1 aromatic heterocycles. The van der Waals surface area contributed by atoms with Crippen LogP contribution in [0.2, 0.25) is 0 Å². The normalized spacial score (nSPS) is 14.2. The van der Waals surface area contributed by atoms with E-state index in [1.807, 2.05) is 0 Å². The fourth-order valence-electron chi connectivity index (χ4n) is 3.29. The first-order chi connectivity index (χ1) is 14.1. The number of aryl methyl sites for hydroxylation is 1. The summed E-state index contributed by atoms with van der Waals surface area (Å²) in [5, 5.41) is 3.11. The van der Waals surface area contributed by atoms with Crippen LogP contribution in [-0.2, 0) is 18.8 Å². The Labute approximate surface area is 167 Å². The largest absolute Gasteiger partial charge is 0.416 e. The van der Waals surface area contributed by atoms with E-state index >= 15 is 0 Å². The first-order valence-corrected chi connectivity index (χ1v) is 9.13. The maximum absolute atomic E-state index is 12.9. The van der Waals surface area contributed by atoms with E-state index in [1.165, 1.54) is 24.3 Å². The maximum Gasteiger partial charge on any atom is 0.416 e. The van der Waals surface area contributed by atoms with Gasteiger partial charge in [-0.25, -0.2) is 9.97 Å². The molecule has 0 radical (unpaired) electrons. The molecule has 1 N–H and O–H groups in total. The zero-order valence-electron chi connectivity index (χ0n) is 15.4. The van der Waals surface area contributed by atoms with Crippen molar-refractivity contribution >= 4 is 5.82 Å². The Kier molecular flexibility index (Phi) is 4.91. The molecule has 2 heterocycles. The van der Waals surface area contributed by atoms with Crippen molar-refractivity contribution in [3.8, 4) is 22.5 Å². The summed E-state index contributed by atoms with van der Waals surface area (Å²) in [6.07, 6.45) is -7.47. The molecular weight excluding hydrogens is 408 g/mol. The third-order valence-corrected chi connectivity index (χ3v) is 4.82. The van der Waals surface area contributed by atoms with Crippen LogP contribution in [-0.4, -0.2) is 16.5 Å². The van der Waals surface area contributed by atoms with Crippen LogP contribution in [0, 0.1) is 0 Å². The predicted octanol–water partition coefficient (Wildman–Crippen LogP) is 6.21. The molecule has 156 valence electrons. The summed E-state index contributed by atoms with van der Waals surface area (Å²) in [7, 11) is 0. The second kappa shape index (κ2) is 7.30. The van der Waals surface area contributed by atoms with Crippen LogP contribution in [0.4, 0.5) is 32.2 Å². The summed E-state index contributed by atoms with van der Waals surface area (Å²) in [6.45, 7) is 0.688. The van der Waals surface area contributed by atoms with Gasteiger partial charge in [-0.15, -0.1) is 0 Å². The topological polar surface area (TPSA) is 37.8 Å². The van der Waals surface area contributed by atoms with Crippen molar-refractivity contribution in [1.82, 2.24) is 9.97 Å². The fourth-order valence-corrected chi connectivity index (χ4v) is 3.29. The second-order valence-electron chi connectivity index (χ2n) is 6.90. The Balaban J connectivity index is 1.83. The van der Waals surface area contributed by atoms with E-state index in [0.29, 0.717) is 47.0 Å². The average molecular weight is 423 g/mol. The van der Waals surface area contributed by atoms with Gasteiger partial charge in [0.2, 0.25) is 0 Å². The first kappa shape index (κ1) is 20.2. The molecule has 0 saturated carbocycles.